The summed E-state index contributed by atoms with van der Waals surface area (Å²) >= 11 is 0. The molecule has 4 aromatic rings. The largest absolute Gasteiger partial charge is 0.497 e. The van der Waals surface area contributed by atoms with Crippen molar-refractivity contribution in [2.45, 2.75) is 6.92 Å². The highest BCUT2D eigenvalue weighted by molar-refractivity contribution is 5.98. The SMILES string of the molecule is COc1ccc(-c2oc(NC(=O)COC(=O)c3ccccc3C)c(C#N)c2-c2ccc(OC)cc2)cc1. The Labute approximate surface area is 214 Å². The standard InChI is InChI=1S/C29H24N2O6/c1-18-6-4-5-7-23(18)29(33)36-17-25(32)31-28-24(16-30)26(19-8-12-21(34-2)13-9-19)27(37-28)20-10-14-22(35-3)15-11-20/h4-15H,17H2,1-3H3,(H,31,32). The second-order valence-electron chi connectivity index (χ2n) is 8.02. The quantitative estimate of drug-likeness (QED) is 0.316. The summed E-state index contributed by atoms with van der Waals surface area (Å²) in [6.07, 6.45) is 0. The number of aryl methyl sites for hydroxylation is 1. The van der Waals surface area contributed by atoms with Crippen LogP contribution in [0.5, 0.6) is 11.5 Å². The molecule has 0 aliphatic rings. The third-order valence-corrected chi connectivity index (χ3v) is 5.70. The number of nitriles is 1. The molecule has 0 radical (unpaired) electrons. The molecule has 8 nitrogen and oxygen atoms in total. The average Bonchev–Trinajstić information content (AvgIpc) is 3.29. The molecule has 0 spiro atoms. The first-order valence-electron chi connectivity index (χ1n) is 11.3. The van der Waals surface area contributed by atoms with E-state index in [1.165, 1.54) is 0 Å². The number of rotatable bonds is 8. The highest BCUT2D eigenvalue weighted by Crippen LogP contribution is 2.42. The molecule has 1 amide bonds. The summed E-state index contributed by atoms with van der Waals surface area (Å²) in [5.74, 6) is 0.389. The van der Waals surface area contributed by atoms with Crippen molar-refractivity contribution in [2.75, 3.05) is 26.1 Å². The van der Waals surface area contributed by atoms with E-state index in [-0.39, 0.29) is 11.4 Å². The summed E-state index contributed by atoms with van der Waals surface area (Å²) < 4.78 is 21.7. The fourth-order valence-corrected chi connectivity index (χ4v) is 3.78. The number of carbonyl (C=O) groups excluding carboxylic acids is 2. The molecule has 1 heterocycles. The van der Waals surface area contributed by atoms with Gasteiger partial charge in [0.05, 0.1) is 19.8 Å². The lowest BCUT2D eigenvalue weighted by Gasteiger charge is -2.07. The Morgan fingerprint density at radius 3 is 2.05 bits per heavy atom. The number of hydrogen-bond acceptors (Lipinski definition) is 7. The average molecular weight is 497 g/mol. The first-order chi connectivity index (χ1) is 17.9. The molecule has 186 valence electrons. The van der Waals surface area contributed by atoms with Gasteiger partial charge in [0, 0.05) is 11.1 Å². The number of esters is 1. The lowest BCUT2D eigenvalue weighted by atomic mass is 9.98. The van der Waals surface area contributed by atoms with Crippen molar-refractivity contribution in [3.05, 3.63) is 89.5 Å². The maximum Gasteiger partial charge on any atom is 0.338 e. The Morgan fingerprint density at radius 2 is 1.49 bits per heavy atom. The summed E-state index contributed by atoms with van der Waals surface area (Å²) in [6.45, 7) is 1.23. The van der Waals surface area contributed by atoms with E-state index < -0.39 is 18.5 Å². The van der Waals surface area contributed by atoms with Gasteiger partial charge in [0.2, 0.25) is 5.88 Å². The van der Waals surface area contributed by atoms with Gasteiger partial charge in [0.1, 0.15) is 28.9 Å². The van der Waals surface area contributed by atoms with Gasteiger partial charge in [0.25, 0.3) is 5.91 Å². The normalized spacial score (nSPS) is 10.3. The number of nitrogens with zero attached hydrogens (tertiary/aromatic N) is 1. The molecular weight excluding hydrogens is 472 g/mol. The van der Waals surface area contributed by atoms with E-state index in [0.717, 1.165) is 5.56 Å². The van der Waals surface area contributed by atoms with E-state index in [0.29, 0.717) is 39.5 Å². The zero-order valence-electron chi connectivity index (χ0n) is 20.5. The summed E-state index contributed by atoms with van der Waals surface area (Å²) in [5, 5.41) is 12.6. The van der Waals surface area contributed by atoms with Crippen LogP contribution < -0.4 is 14.8 Å². The second-order valence-corrected chi connectivity index (χ2v) is 8.02. The molecule has 0 saturated heterocycles. The summed E-state index contributed by atoms with van der Waals surface area (Å²) in [7, 11) is 3.13. The minimum absolute atomic E-state index is 0.0453. The van der Waals surface area contributed by atoms with E-state index in [1.54, 1.807) is 93.9 Å². The third kappa shape index (κ3) is 5.46. The zero-order chi connectivity index (χ0) is 26.4. The van der Waals surface area contributed by atoms with Crippen molar-refractivity contribution < 1.29 is 28.2 Å². The van der Waals surface area contributed by atoms with E-state index in [2.05, 4.69) is 11.4 Å². The Morgan fingerprint density at radius 1 is 0.892 bits per heavy atom. The van der Waals surface area contributed by atoms with Crippen molar-refractivity contribution in [3.8, 4) is 40.0 Å². The predicted octanol–water partition coefficient (Wildman–Crippen LogP) is 5.61. The summed E-state index contributed by atoms with van der Waals surface area (Å²) in [5.41, 5.74) is 3.11. The minimum atomic E-state index is -0.644. The highest BCUT2D eigenvalue weighted by Gasteiger charge is 2.25. The number of methoxy groups -OCH3 is 2. The summed E-state index contributed by atoms with van der Waals surface area (Å²) in [6, 6.07) is 23.3. The number of ether oxygens (including phenoxy) is 3. The van der Waals surface area contributed by atoms with Crippen molar-refractivity contribution >= 4 is 17.8 Å². The monoisotopic (exact) mass is 496 g/mol. The molecule has 0 bridgehead atoms. The van der Waals surface area contributed by atoms with Gasteiger partial charge in [0.15, 0.2) is 6.61 Å². The number of hydrogen-bond donors (Lipinski definition) is 1. The number of furan rings is 1. The smallest absolute Gasteiger partial charge is 0.338 e. The topological polar surface area (TPSA) is 111 Å². The van der Waals surface area contributed by atoms with Crippen LogP contribution in [0.2, 0.25) is 0 Å². The van der Waals surface area contributed by atoms with Gasteiger partial charge in [-0.25, -0.2) is 4.79 Å². The molecule has 1 aromatic heterocycles. The van der Waals surface area contributed by atoms with Gasteiger partial charge in [-0.05, 0) is 60.5 Å². The number of benzene rings is 3. The molecule has 0 aliphatic carbocycles. The molecule has 1 N–H and O–H groups in total. The van der Waals surface area contributed by atoms with E-state index >= 15 is 0 Å². The van der Waals surface area contributed by atoms with Crippen LogP contribution in [0.4, 0.5) is 5.88 Å². The van der Waals surface area contributed by atoms with Crippen LogP contribution >= 0.6 is 0 Å². The fourth-order valence-electron chi connectivity index (χ4n) is 3.78. The number of anilines is 1. The molecular formula is C29H24N2O6. The molecule has 8 heteroatoms. The van der Waals surface area contributed by atoms with Crippen LogP contribution in [0.1, 0.15) is 21.5 Å². The Bertz CT molecular complexity index is 1460. The second kappa shape index (κ2) is 11.1. The van der Waals surface area contributed by atoms with Crippen molar-refractivity contribution in [2.24, 2.45) is 0 Å². The highest BCUT2D eigenvalue weighted by atomic mass is 16.5. The number of amides is 1. The molecule has 0 saturated carbocycles. The number of carbonyl (C=O) groups is 2. The van der Waals surface area contributed by atoms with Crippen molar-refractivity contribution in [1.82, 2.24) is 0 Å². The zero-order valence-corrected chi connectivity index (χ0v) is 20.5. The van der Waals surface area contributed by atoms with Crippen molar-refractivity contribution in [3.63, 3.8) is 0 Å². The first-order valence-corrected chi connectivity index (χ1v) is 11.3. The van der Waals surface area contributed by atoms with Gasteiger partial charge in [-0.15, -0.1) is 0 Å². The maximum atomic E-state index is 12.7. The van der Waals surface area contributed by atoms with Crippen LogP contribution in [0.3, 0.4) is 0 Å². The first kappa shape index (κ1) is 25.1. The lowest BCUT2D eigenvalue weighted by molar-refractivity contribution is -0.119. The van der Waals surface area contributed by atoms with Gasteiger partial charge < -0.3 is 18.6 Å². The van der Waals surface area contributed by atoms with Gasteiger partial charge in [-0.3, -0.25) is 10.1 Å². The van der Waals surface area contributed by atoms with Crippen molar-refractivity contribution in [1.29, 1.82) is 5.26 Å². The van der Waals surface area contributed by atoms with Gasteiger partial charge in [-0.1, -0.05) is 30.3 Å². The third-order valence-electron chi connectivity index (χ3n) is 5.70. The van der Waals surface area contributed by atoms with E-state index in [9.17, 15) is 14.9 Å². The molecule has 0 atom stereocenters. The Hall–Kier alpha value is -5.03. The molecule has 3 aromatic carbocycles. The van der Waals surface area contributed by atoms with Crippen LogP contribution in [0.25, 0.3) is 22.5 Å². The number of nitrogens with one attached hydrogen (secondary N) is 1. The summed E-state index contributed by atoms with van der Waals surface area (Å²) in [4.78, 5) is 25.1. The molecule has 0 aliphatic heterocycles. The van der Waals surface area contributed by atoms with Crippen LogP contribution in [-0.2, 0) is 9.53 Å². The van der Waals surface area contributed by atoms with Crippen LogP contribution in [0.15, 0.2) is 77.2 Å². The fraction of sp³-hybridized carbons (Fsp3) is 0.138. The van der Waals surface area contributed by atoms with E-state index in [4.69, 9.17) is 18.6 Å². The van der Waals surface area contributed by atoms with Gasteiger partial charge in [-0.2, -0.15) is 5.26 Å². The van der Waals surface area contributed by atoms with Gasteiger partial charge >= 0.3 is 5.97 Å². The van der Waals surface area contributed by atoms with Crippen LogP contribution in [0, 0.1) is 18.3 Å². The molecule has 0 unspecified atom stereocenters. The minimum Gasteiger partial charge on any atom is -0.497 e. The van der Waals surface area contributed by atoms with E-state index in [1.807, 2.05) is 0 Å². The lowest BCUT2D eigenvalue weighted by Crippen LogP contribution is -2.21. The Kier molecular flexibility index (Phi) is 7.55. The molecule has 37 heavy (non-hydrogen) atoms. The molecule has 0 fully saturated rings. The Balaban J connectivity index is 1.65. The maximum absolute atomic E-state index is 12.7. The molecule has 4 rings (SSSR count). The predicted molar refractivity (Wildman–Crippen MR) is 137 cm³/mol. The van der Waals surface area contributed by atoms with Crippen LogP contribution in [-0.4, -0.2) is 32.7 Å².